The van der Waals surface area contributed by atoms with Crippen molar-refractivity contribution < 1.29 is 9.53 Å². The lowest BCUT2D eigenvalue weighted by Crippen LogP contribution is -2.07. The monoisotopic (exact) mass is 294 g/mol. The van der Waals surface area contributed by atoms with E-state index in [9.17, 15) is 4.79 Å². The van der Waals surface area contributed by atoms with Crippen molar-refractivity contribution in [3.05, 3.63) is 59.8 Å². The van der Waals surface area contributed by atoms with Crippen molar-refractivity contribution in [2.75, 3.05) is 11.9 Å². The van der Waals surface area contributed by atoms with Crippen LogP contribution in [0.25, 0.3) is 10.9 Å². The second kappa shape index (κ2) is 5.93. The minimum atomic E-state index is -0.353. The summed E-state index contributed by atoms with van der Waals surface area (Å²) in [5, 5.41) is 4.29. The van der Waals surface area contributed by atoms with Crippen LogP contribution in [0.5, 0.6) is 0 Å². The number of benzene rings is 2. The Kier molecular flexibility index (Phi) is 3.83. The Hall–Kier alpha value is -2.75. The second-order valence-electron chi connectivity index (χ2n) is 5.13. The molecular formula is C18H18N2O2. The highest BCUT2D eigenvalue weighted by Crippen LogP contribution is 2.31. The third-order valence-corrected chi connectivity index (χ3v) is 3.51. The van der Waals surface area contributed by atoms with Gasteiger partial charge in [0.25, 0.3) is 0 Å². The average molecular weight is 294 g/mol. The van der Waals surface area contributed by atoms with Gasteiger partial charge in [-0.25, -0.2) is 4.79 Å². The molecule has 0 atom stereocenters. The third-order valence-electron chi connectivity index (χ3n) is 3.51. The van der Waals surface area contributed by atoms with Gasteiger partial charge in [-0.05, 0) is 32.0 Å². The number of carbonyl (C=O) groups is 1. The summed E-state index contributed by atoms with van der Waals surface area (Å²) in [7, 11) is 0. The minimum Gasteiger partial charge on any atom is -0.461 e. The molecule has 2 N–H and O–H groups in total. The molecule has 0 bridgehead atoms. The number of anilines is 2. The highest BCUT2D eigenvalue weighted by atomic mass is 16.5. The molecule has 112 valence electrons. The van der Waals surface area contributed by atoms with Crippen molar-refractivity contribution in [3.63, 3.8) is 0 Å². The first kappa shape index (κ1) is 14.2. The van der Waals surface area contributed by atoms with E-state index in [1.165, 1.54) is 5.56 Å². The summed E-state index contributed by atoms with van der Waals surface area (Å²) >= 11 is 0. The van der Waals surface area contributed by atoms with E-state index in [4.69, 9.17) is 4.74 Å². The van der Waals surface area contributed by atoms with Crippen LogP contribution in [0.2, 0.25) is 0 Å². The smallest absolute Gasteiger partial charge is 0.356 e. The fourth-order valence-corrected chi connectivity index (χ4v) is 2.41. The molecule has 0 saturated carbocycles. The van der Waals surface area contributed by atoms with Gasteiger partial charge in [0.15, 0.2) is 0 Å². The Labute approximate surface area is 129 Å². The first-order valence-electron chi connectivity index (χ1n) is 7.30. The van der Waals surface area contributed by atoms with Crippen LogP contribution in [-0.2, 0) is 4.74 Å². The lowest BCUT2D eigenvalue weighted by atomic mass is 10.2. The molecule has 0 aliphatic heterocycles. The van der Waals surface area contributed by atoms with Crippen LogP contribution in [0.1, 0.15) is 23.0 Å². The number of aryl methyl sites for hydroxylation is 1. The van der Waals surface area contributed by atoms with Gasteiger partial charge in [0.1, 0.15) is 5.69 Å². The number of nitrogens with one attached hydrogen (secondary N) is 2. The van der Waals surface area contributed by atoms with Crippen molar-refractivity contribution in [2.24, 2.45) is 0 Å². The number of para-hydroxylation sites is 1. The quantitative estimate of drug-likeness (QED) is 0.701. The van der Waals surface area contributed by atoms with E-state index in [0.29, 0.717) is 12.3 Å². The van der Waals surface area contributed by atoms with E-state index in [-0.39, 0.29) is 5.97 Å². The molecule has 4 heteroatoms. The van der Waals surface area contributed by atoms with Crippen molar-refractivity contribution >= 4 is 28.2 Å². The molecule has 0 amide bonds. The number of rotatable bonds is 4. The maximum Gasteiger partial charge on any atom is 0.356 e. The van der Waals surface area contributed by atoms with Gasteiger partial charge in [0, 0.05) is 16.6 Å². The van der Waals surface area contributed by atoms with Crippen molar-refractivity contribution in [1.82, 2.24) is 4.98 Å². The van der Waals surface area contributed by atoms with Crippen LogP contribution in [0.4, 0.5) is 11.4 Å². The predicted molar refractivity (Wildman–Crippen MR) is 88.7 cm³/mol. The third kappa shape index (κ3) is 2.68. The van der Waals surface area contributed by atoms with Crippen LogP contribution in [-0.4, -0.2) is 17.6 Å². The largest absolute Gasteiger partial charge is 0.461 e. The molecule has 2 aromatic carbocycles. The molecule has 3 aromatic rings. The molecule has 3 rings (SSSR count). The molecule has 0 spiro atoms. The number of hydrogen-bond acceptors (Lipinski definition) is 3. The highest BCUT2D eigenvalue weighted by molar-refractivity contribution is 6.07. The molecule has 4 nitrogen and oxygen atoms in total. The van der Waals surface area contributed by atoms with Gasteiger partial charge in [-0.1, -0.05) is 35.9 Å². The summed E-state index contributed by atoms with van der Waals surface area (Å²) in [6.45, 7) is 4.19. The fraction of sp³-hybridized carbons (Fsp3) is 0.167. The van der Waals surface area contributed by atoms with E-state index < -0.39 is 0 Å². The molecule has 0 unspecified atom stereocenters. The zero-order valence-corrected chi connectivity index (χ0v) is 12.6. The number of aromatic amines is 1. The Balaban J connectivity index is 2.07. The number of aromatic nitrogens is 1. The van der Waals surface area contributed by atoms with E-state index in [1.54, 1.807) is 6.92 Å². The van der Waals surface area contributed by atoms with Crippen LogP contribution in [0.3, 0.4) is 0 Å². The number of ether oxygens (including phenoxy) is 1. The van der Waals surface area contributed by atoms with Gasteiger partial charge < -0.3 is 15.0 Å². The zero-order valence-electron chi connectivity index (χ0n) is 12.6. The van der Waals surface area contributed by atoms with Crippen molar-refractivity contribution in [1.29, 1.82) is 0 Å². The standard InChI is InChI=1S/C18H18N2O2/c1-3-22-18(21)17-16(14-6-4-5-7-15(14)20-17)19-13-10-8-12(2)9-11-13/h4-11,19-20H,3H2,1-2H3. The fourth-order valence-electron chi connectivity index (χ4n) is 2.41. The van der Waals surface area contributed by atoms with Gasteiger partial charge in [-0.15, -0.1) is 0 Å². The molecular weight excluding hydrogens is 276 g/mol. The average Bonchev–Trinajstić information content (AvgIpc) is 2.89. The van der Waals surface area contributed by atoms with Gasteiger partial charge in [-0.2, -0.15) is 0 Å². The molecule has 1 heterocycles. The van der Waals surface area contributed by atoms with Gasteiger partial charge >= 0.3 is 5.97 Å². The first-order chi connectivity index (χ1) is 10.7. The predicted octanol–water partition coefficient (Wildman–Crippen LogP) is 4.40. The highest BCUT2D eigenvalue weighted by Gasteiger charge is 2.18. The summed E-state index contributed by atoms with van der Waals surface area (Å²) in [6.07, 6.45) is 0. The topological polar surface area (TPSA) is 54.1 Å². The number of esters is 1. The Morgan fingerprint density at radius 2 is 1.86 bits per heavy atom. The summed E-state index contributed by atoms with van der Waals surface area (Å²) in [6, 6.07) is 15.8. The zero-order chi connectivity index (χ0) is 15.5. The summed E-state index contributed by atoms with van der Waals surface area (Å²) < 4.78 is 5.14. The normalized spacial score (nSPS) is 10.6. The molecule has 0 radical (unpaired) electrons. The summed E-state index contributed by atoms with van der Waals surface area (Å²) in [5.74, 6) is -0.353. The maximum atomic E-state index is 12.2. The first-order valence-corrected chi connectivity index (χ1v) is 7.30. The van der Waals surface area contributed by atoms with E-state index in [2.05, 4.69) is 10.3 Å². The van der Waals surface area contributed by atoms with Crippen molar-refractivity contribution in [2.45, 2.75) is 13.8 Å². The van der Waals surface area contributed by atoms with Crippen LogP contribution in [0, 0.1) is 6.92 Å². The van der Waals surface area contributed by atoms with Crippen LogP contribution in [0.15, 0.2) is 48.5 Å². The molecule has 0 aliphatic carbocycles. The lowest BCUT2D eigenvalue weighted by molar-refractivity contribution is 0.0522. The Morgan fingerprint density at radius 1 is 1.14 bits per heavy atom. The number of carbonyl (C=O) groups excluding carboxylic acids is 1. The summed E-state index contributed by atoms with van der Waals surface area (Å²) in [5.41, 5.74) is 4.22. The number of H-pyrrole nitrogens is 1. The van der Waals surface area contributed by atoms with E-state index >= 15 is 0 Å². The van der Waals surface area contributed by atoms with E-state index in [0.717, 1.165) is 22.3 Å². The number of hydrogen-bond donors (Lipinski definition) is 2. The van der Waals surface area contributed by atoms with Crippen LogP contribution >= 0.6 is 0 Å². The van der Waals surface area contributed by atoms with Gasteiger partial charge in [0.05, 0.1) is 12.3 Å². The Morgan fingerprint density at radius 3 is 2.59 bits per heavy atom. The molecule has 0 saturated heterocycles. The van der Waals surface area contributed by atoms with Gasteiger partial charge in [0.2, 0.25) is 0 Å². The van der Waals surface area contributed by atoms with E-state index in [1.807, 2.05) is 55.5 Å². The minimum absolute atomic E-state index is 0.345. The molecule has 22 heavy (non-hydrogen) atoms. The Bertz CT molecular complexity index is 804. The van der Waals surface area contributed by atoms with Crippen LogP contribution < -0.4 is 5.32 Å². The molecule has 1 aromatic heterocycles. The van der Waals surface area contributed by atoms with Crippen molar-refractivity contribution in [3.8, 4) is 0 Å². The second-order valence-corrected chi connectivity index (χ2v) is 5.13. The molecule has 0 fully saturated rings. The SMILES string of the molecule is CCOC(=O)c1[nH]c2ccccc2c1Nc1ccc(C)cc1. The maximum absolute atomic E-state index is 12.2. The lowest BCUT2D eigenvalue weighted by Gasteiger charge is -2.08. The molecule has 0 aliphatic rings. The van der Waals surface area contributed by atoms with Gasteiger partial charge in [-0.3, -0.25) is 0 Å². The number of fused-ring (bicyclic) bond motifs is 1. The summed E-state index contributed by atoms with van der Waals surface area (Å²) in [4.78, 5) is 15.3.